The Hall–Kier alpha value is -3.79. The zero-order chi connectivity index (χ0) is 22.1. The van der Waals surface area contributed by atoms with Gasteiger partial charge in [-0.05, 0) is 54.3 Å². The number of rotatable bonds is 3. The Morgan fingerprint density at radius 2 is 1.78 bits per heavy atom. The summed E-state index contributed by atoms with van der Waals surface area (Å²) in [5.74, 6) is 0. The highest BCUT2D eigenvalue weighted by Crippen LogP contribution is 2.37. The van der Waals surface area contributed by atoms with Gasteiger partial charge < -0.3 is 14.8 Å². The molecule has 2 heterocycles. The van der Waals surface area contributed by atoms with Crippen molar-refractivity contribution >= 4 is 11.7 Å². The van der Waals surface area contributed by atoms with Crippen molar-refractivity contribution in [2.24, 2.45) is 0 Å². The average molecular weight is 422 g/mol. The lowest BCUT2D eigenvalue weighted by atomic mass is 10.00. The highest BCUT2D eigenvalue weighted by atomic mass is 16.2. The zero-order valence-corrected chi connectivity index (χ0v) is 18.5. The van der Waals surface area contributed by atoms with E-state index in [-0.39, 0.29) is 12.1 Å². The standard InChI is InChI=1S/C28H27N3O/c1-3-21-11-4-6-14-24(21)29-28(32)31-19-23-12-5-7-15-25(23)30-17-9-16-26(30)27(31)22-13-8-10-20(2)18-22/h4-18,27H,3,19H2,1-2H3,(H,29,32). The maximum atomic E-state index is 13.8. The number of nitrogens with zero attached hydrogens (tertiary/aromatic N) is 2. The van der Waals surface area contributed by atoms with Gasteiger partial charge >= 0.3 is 6.03 Å². The molecule has 5 rings (SSSR count). The van der Waals surface area contributed by atoms with E-state index in [0.717, 1.165) is 40.2 Å². The van der Waals surface area contributed by atoms with Gasteiger partial charge in [0.25, 0.3) is 0 Å². The molecule has 4 aromatic rings. The number of fused-ring (bicyclic) bond motifs is 3. The summed E-state index contributed by atoms with van der Waals surface area (Å²) in [6.07, 6.45) is 2.95. The molecule has 1 atom stereocenters. The molecule has 4 heteroatoms. The lowest BCUT2D eigenvalue weighted by Gasteiger charge is -2.31. The number of aromatic nitrogens is 1. The van der Waals surface area contributed by atoms with Gasteiger partial charge in [0, 0.05) is 17.6 Å². The van der Waals surface area contributed by atoms with Crippen LogP contribution in [0.15, 0.2) is 91.1 Å². The molecule has 4 nitrogen and oxygen atoms in total. The van der Waals surface area contributed by atoms with E-state index >= 15 is 0 Å². The van der Waals surface area contributed by atoms with Crippen LogP contribution in [0.25, 0.3) is 5.69 Å². The summed E-state index contributed by atoms with van der Waals surface area (Å²) < 4.78 is 2.22. The Balaban J connectivity index is 1.64. The third-order valence-electron chi connectivity index (χ3n) is 6.22. The fourth-order valence-electron chi connectivity index (χ4n) is 4.67. The summed E-state index contributed by atoms with van der Waals surface area (Å²) in [4.78, 5) is 15.8. The number of para-hydroxylation sites is 2. The normalized spacial score (nSPS) is 14.9. The number of hydrogen-bond acceptors (Lipinski definition) is 1. The summed E-state index contributed by atoms with van der Waals surface area (Å²) >= 11 is 0. The number of carbonyl (C=O) groups is 1. The summed E-state index contributed by atoms with van der Waals surface area (Å²) in [7, 11) is 0. The van der Waals surface area contributed by atoms with Crippen molar-refractivity contribution in [2.75, 3.05) is 5.32 Å². The molecule has 0 saturated carbocycles. The Kier molecular flexibility index (Phi) is 5.28. The largest absolute Gasteiger partial charge is 0.322 e. The van der Waals surface area contributed by atoms with Crippen LogP contribution in [0.5, 0.6) is 0 Å². The van der Waals surface area contributed by atoms with Crippen LogP contribution in [-0.2, 0) is 13.0 Å². The van der Waals surface area contributed by atoms with Gasteiger partial charge in [-0.1, -0.05) is 73.2 Å². The predicted octanol–water partition coefficient (Wildman–Crippen LogP) is 6.49. The van der Waals surface area contributed by atoms with Crippen molar-refractivity contribution in [3.8, 4) is 5.69 Å². The molecular formula is C28H27N3O. The number of carbonyl (C=O) groups excluding carboxylic acids is 1. The van der Waals surface area contributed by atoms with Gasteiger partial charge in [0.2, 0.25) is 0 Å². The minimum atomic E-state index is -0.203. The third kappa shape index (κ3) is 3.58. The molecule has 0 aliphatic carbocycles. The van der Waals surface area contributed by atoms with Crippen molar-refractivity contribution in [2.45, 2.75) is 32.9 Å². The van der Waals surface area contributed by atoms with Gasteiger partial charge in [-0.25, -0.2) is 4.79 Å². The SMILES string of the molecule is CCc1ccccc1NC(=O)N1Cc2ccccc2-n2cccc2C1c1cccc(C)c1. The summed E-state index contributed by atoms with van der Waals surface area (Å²) in [5, 5.41) is 3.20. The monoisotopic (exact) mass is 421 g/mol. The molecule has 1 aliphatic heterocycles. The molecule has 1 aromatic heterocycles. The van der Waals surface area contributed by atoms with Crippen molar-refractivity contribution in [1.29, 1.82) is 0 Å². The lowest BCUT2D eigenvalue weighted by molar-refractivity contribution is 0.194. The zero-order valence-electron chi connectivity index (χ0n) is 18.5. The average Bonchev–Trinajstić information content (AvgIpc) is 3.23. The van der Waals surface area contributed by atoms with E-state index in [9.17, 15) is 4.79 Å². The Bertz CT molecular complexity index is 1270. The molecule has 0 bridgehead atoms. The molecule has 0 spiro atoms. The smallest absolute Gasteiger partial charge is 0.318 e. The van der Waals surface area contributed by atoms with Crippen LogP contribution in [0.1, 0.15) is 40.9 Å². The molecule has 32 heavy (non-hydrogen) atoms. The second-order valence-corrected chi connectivity index (χ2v) is 8.32. The van der Waals surface area contributed by atoms with Crippen molar-refractivity contribution < 1.29 is 4.79 Å². The number of amides is 2. The summed E-state index contributed by atoms with van der Waals surface area (Å²) in [6, 6.07) is 28.7. The number of hydrogen-bond donors (Lipinski definition) is 1. The Morgan fingerprint density at radius 3 is 2.62 bits per heavy atom. The van der Waals surface area contributed by atoms with E-state index in [4.69, 9.17) is 0 Å². The van der Waals surface area contributed by atoms with Crippen LogP contribution in [0, 0.1) is 6.92 Å². The molecule has 2 amide bonds. The molecule has 0 saturated heterocycles. The third-order valence-corrected chi connectivity index (χ3v) is 6.22. The second-order valence-electron chi connectivity index (χ2n) is 8.32. The fourth-order valence-corrected chi connectivity index (χ4v) is 4.67. The highest BCUT2D eigenvalue weighted by molar-refractivity contribution is 5.91. The van der Waals surface area contributed by atoms with Crippen LogP contribution < -0.4 is 5.32 Å². The first-order valence-electron chi connectivity index (χ1n) is 11.1. The fraction of sp³-hybridized carbons (Fsp3) is 0.179. The van der Waals surface area contributed by atoms with E-state index in [0.29, 0.717) is 6.54 Å². The maximum Gasteiger partial charge on any atom is 0.322 e. The topological polar surface area (TPSA) is 37.3 Å². The minimum Gasteiger partial charge on any atom is -0.318 e. The van der Waals surface area contributed by atoms with E-state index in [1.807, 2.05) is 29.2 Å². The van der Waals surface area contributed by atoms with E-state index < -0.39 is 0 Å². The van der Waals surface area contributed by atoms with Crippen LogP contribution in [-0.4, -0.2) is 15.5 Å². The maximum absolute atomic E-state index is 13.8. The number of aryl methyl sites for hydroxylation is 2. The van der Waals surface area contributed by atoms with Gasteiger partial charge in [-0.15, -0.1) is 0 Å². The first-order chi connectivity index (χ1) is 15.7. The molecule has 1 unspecified atom stereocenters. The van der Waals surface area contributed by atoms with Crippen molar-refractivity contribution in [3.05, 3.63) is 119 Å². The molecule has 1 N–H and O–H groups in total. The Labute approximate surface area is 189 Å². The molecule has 3 aromatic carbocycles. The lowest BCUT2D eigenvalue weighted by Crippen LogP contribution is -2.38. The van der Waals surface area contributed by atoms with Gasteiger partial charge in [-0.2, -0.15) is 0 Å². The van der Waals surface area contributed by atoms with Gasteiger partial charge in [0.05, 0.1) is 18.3 Å². The predicted molar refractivity (Wildman–Crippen MR) is 129 cm³/mol. The molecule has 0 radical (unpaired) electrons. The molecule has 160 valence electrons. The number of nitrogens with one attached hydrogen (secondary N) is 1. The van der Waals surface area contributed by atoms with Crippen LogP contribution in [0.2, 0.25) is 0 Å². The van der Waals surface area contributed by atoms with Gasteiger partial charge in [0.1, 0.15) is 0 Å². The molecular weight excluding hydrogens is 394 g/mol. The number of urea groups is 1. The Morgan fingerprint density at radius 1 is 0.969 bits per heavy atom. The van der Waals surface area contributed by atoms with Gasteiger partial charge in [0.15, 0.2) is 0 Å². The minimum absolute atomic E-state index is 0.0955. The summed E-state index contributed by atoms with van der Waals surface area (Å²) in [5.41, 5.74) is 7.62. The van der Waals surface area contributed by atoms with E-state index in [1.54, 1.807) is 0 Å². The van der Waals surface area contributed by atoms with E-state index in [2.05, 4.69) is 90.6 Å². The van der Waals surface area contributed by atoms with Crippen molar-refractivity contribution in [3.63, 3.8) is 0 Å². The van der Waals surface area contributed by atoms with Crippen LogP contribution >= 0.6 is 0 Å². The quantitative estimate of drug-likeness (QED) is 0.404. The van der Waals surface area contributed by atoms with Gasteiger partial charge in [-0.3, -0.25) is 0 Å². The first-order valence-corrected chi connectivity index (χ1v) is 11.1. The van der Waals surface area contributed by atoms with Crippen LogP contribution in [0.3, 0.4) is 0 Å². The number of benzene rings is 3. The highest BCUT2D eigenvalue weighted by Gasteiger charge is 2.33. The first kappa shape index (κ1) is 20.1. The molecule has 0 fully saturated rings. The number of anilines is 1. The van der Waals surface area contributed by atoms with E-state index in [1.165, 1.54) is 5.56 Å². The van der Waals surface area contributed by atoms with Crippen LogP contribution in [0.4, 0.5) is 10.5 Å². The van der Waals surface area contributed by atoms with Crippen molar-refractivity contribution in [1.82, 2.24) is 9.47 Å². The second kappa shape index (κ2) is 8.39. The summed E-state index contributed by atoms with van der Waals surface area (Å²) in [6.45, 7) is 4.72. The molecule has 1 aliphatic rings.